The van der Waals surface area contributed by atoms with Crippen molar-refractivity contribution < 1.29 is 9.84 Å². The molecular weight excluding hydrogens is 406 g/mol. The molecule has 3 nitrogen and oxygen atoms in total. The molecule has 33 heavy (non-hydrogen) atoms. The van der Waals surface area contributed by atoms with Gasteiger partial charge in [0.15, 0.2) is 0 Å². The standard InChI is InChI=1S/C30H31NO2/c1-3-8-27(17-23(2)32)26-13-15-30(16-14-26)33-22-25-11-12-28-20-31(21-29(28)18-25)19-24-9-6-4-5-7-10-24/h4,6-7,9-16,18,27,32H,2,5,17,19-22H2,1H3. The molecule has 2 aromatic rings. The van der Waals surface area contributed by atoms with Gasteiger partial charge >= 0.3 is 0 Å². The lowest BCUT2D eigenvalue weighted by molar-refractivity contribution is 0.305. The normalized spacial score (nSPS) is 15.7. The Morgan fingerprint density at radius 1 is 1.12 bits per heavy atom. The van der Waals surface area contributed by atoms with Gasteiger partial charge in [0.25, 0.3) is 0 Å². The van der Waals surface area contributed by atoms with Gasteiger partial charge < -0.3 is 9.84 Å². The molecule has 0 aromatic heterocycles. The molecule has 1 heterocycles. The van der Waals surface area contributed by atoms with Gasteiger partial charge in [0.1, 0.15) is 12.4 Å². The van der Waals surface area contributed by atoms with Crippen LogP contribution in [0.2, 0.25) is 0 Å². The Bertz CT molecular complexity index is 1140. The molecule has 0 saturated carbocycles. The number of ether oxygens (including phenoxy) is 1. The first-order chi connectivity index (χ1) is 16.1. The highest BCUT2D eigenvalue weighted by atomic mass is 16.5. The zero-order chi connectivity index (χ0) is 23.0. The van der Waals surface area contributed by atoms with Crippen molar-refractivity contribution in [1.82, 2.24) is 4.90 Å². The maximum Gasteiger partial charge on any atom is 0.119 e. The van der Waals surface area contributed by atoms with E-state index in [4.69, 9.17) is 4.74 Å². The molecule has 168 valence electrons. The molecule has 1 N–H and O–H groups in total. The van der Waals surface area contributed by atoms with Crippen LogP contribution in [-0.4, -0.2) is 16.6 Å². The van der Waals surface area contributed by atoms with Crippen LogP contribution in [0.15, 0.2) is 90.8 Å². The highest BCUT2D eigenvalue weighted by molar-refractivity contribution is 5.37. The molecule has 1 aliphatic carbocycles. The van der Waals surface area contributed by atoms with E-state index in [0.29, 0.717) is 13.0 Å². The number of nitrogens with zero attached hydrogens (tertiary/aromatic N) is 1. The van der Waals surface area contributed by atoms with Crippen molar-refractivity contribution in [3.63, 3.8) is 0 Å². The first kappa shape index (κ1) is 22.7. The molecule has 0 spiro atoms. The fraction of sp³-hybridized carbons (Fsp3) is 0.267. The molecule has 0 fully saturated rings. The summed E-state index contributed by atoms with van der Waals surface area (Å²) in [5.74, 6) is 7.00. The summed E-state index contributed by atoms with van der Waals surface area (Å²) in [5, 5.41) is 9.55. The van der Waals surface area contributed by atoms with E-state index in [2.05, 4.69) is 71.9 Å². The van der Waals surface area contributed by atoms with Crippen LogP contribution in [0.1, 0.15) is 47.9 Å². The second kappa shape index (κ2) is 10.9. The summed E-state index contributed by atoms with van der Waals surface area (Å²) in [5.41, 5.74) is 6.40. The fourth-order valence-corrected chi connectivity index (χ4v) is 4.33. The van der Waals surface area contributed by atoms with Crippen molar-refractivity contribution in [3.05, 3.63) is 113 Å². The molecule has 0 saturated heterocycles. The average Bonchev–Trinajstić information content (AvgIpc) is 3.02. The summed E-state index contributed by atoms with van der Waals surface area (Å²) in [6, 6.07) is 14.7. The monoisotopic (exact) mass is 437 g/mol. The van der Waals surface area contributed by atoms with Crippen LogP contribution in [0.25, 0.3) is 0 Å². The van der Waals surface area contributed by atoms with Crippen LogP contribution in [0.4, 0.5) is 0 Å². The van der Waals surface area contributed by atoms with E-state index in [1.807, 2.05) is 31.2 Å². The van der Waals surface area contributed by atoms with Gasteiger partial charge in [-0.25, -0.2) is 0 Å². The topological polar surface area (TPSA) is 32.7 Å². The van der Waals surface area contributed by atoms with Gasteiger partial charge in [0.05, 0.1) is 11.7 Å². The predicted octanol–water partition coefficient (Wildman–Crippen LogP) is 6.59. The molecule has 1 unspecified atom stereocenters. The van der Waals surface area contributed by atoms with Gasteiger partial charge in [0, 0.05) is 26.1 Å². The molecule has 2 aliphatic rings. The van der Waals surface area contributed by atoms with E-state index in [1.54, 1.807) is 0 Å². The third-order valence-corrected chi connectivity index (χ3v) is 5.96. The predicted molar refractivity (Wildman–Crippen MR) is 135 cm³/mol. The van der Waals surface area contributed by atoms with Gasteiger partial charge in [-0.05, 0) is 53.3 Å². The quantitative estimate of drug-likeness (QED) is 0.373. The highest BCUT2D eigenvalue weighted by Gasteiger charge is 2.19. The number of aliphatic hydroxyl groups is 1. The lowest BCUT2D eigenvalue weighted by Crippen LogP contribution is -2.18. The summed E-state index contributed by atoms with van der Waals surface area (Å²) in [6.45, 7) is 8.89. The molecule has 0 bridgehead atoms. The van der Waals surface area contributed by atoms with Crippen LogP contribution < -0.4 is 4.74 Å². The molecule has 4 rings (SSSR count). The summed E-state index contributed by atoms with van der Waals surface area (Å²) in [7, 11) is 0. The van der Waals surface area contributed by atoms with Crippen molar-refractivity contribution in [2.75, 3.05) is 6.54 Å². The van der Waals surface area contributed by atoms with Crippen molar-refractivity contribution in [1.29, 1.82) is 0 Å². The third kappa shape index (κ3) is 6.28. The number of fused-ring (bicyclic) bond motifs is 1. The Balaban J connectivity index is 1.34. The Morgan fingerprint density at radius 3 is 2.73 bits per heavy atom. The average molecular weight is 438 g/mol. The molecule has 0 amide bonds. The van der Waals surface area contributed by atoms with Gasteiger partial charge in [-0.2, -0.15) is 0 Å². The van der Waals surface area contributed by atoms with E-state index in [-0.39, 0.29) is 11.7 Å². The summed E-state index contributed by atoms with van der Waals surface area (Å²) >= 11 is 0. The highest BCUT2D eigenvalue weighted by Crippen LogP contribution is 2.27. The lowest BCUT2D eigenvalue weighted by Gasteiger charge is -2.15. The molecular formula is C30H31NO2. The van der Waals surface area contributed by atoms with Gasteiger partial charge in [-0.3, -0.25) is 4.90 Å². The zero-order valence-corrected chi connectivity index (χ0v) is 19.3. The van der Waals surface area contributed by atoms with Crippen LogP contribution in [-0.2, 0) is 19.7 Å². The second-order valence-corrected chi connectivity index (χ2v) is 8.63. The molecule has 1 aliphatic heterocycles. The number of rotatable bonds is 8. The van der Waals surface area contributed by atoms with Gasteiger partial charge in [-0.1, -0.05) is 73.2 Å². The third-order valence-electron chi connectivity index (χ3n) is 5.96. The maximum atomic E-state index is 9.55. The molecule has 0 radical (unpaired) electrons. The Morgan fingerprint density at radius 2 is 1.94 bits per heavy atom. The second-order valence-electron chi connectivity index (χ2n) is 8.63. The zero-order valence-electron chi connectivity index (χ0n) is 19.3. The van der Waals surface area contributed by atoms with Crippen LogP contribution in [0.3, 0.4) is 0 Å². The smallest absolute Gasteiger partial charge is 0.119 e. The minimum Gasteiger partial charge on any atom is -0.513 e. The van der Waals surface area contributed by atoms with E-state index in [9.17, 15) is 5.11 Å². The number of allylic oxidation sites excluding steroid dienone is 5. The van der Waals surface area contributed by atoms with Crippen molar-refractivity contribution in [2.45, 2.75) is 45.4 Å². The number of benzene rings is 2. The Hall–Kier alpha value is -3.48. The van der Waals surface area contributed by atoms with Gasteiger partial charge in [-0.15, -0.1) is 5.92 Å². The first-order valence-electron chi connectivity index (χ1n) is 11.5. The Labute approximate surface area is 197 Å². The van der Waals surface area contributed by atoms with E-state index >= 15 is 0 Å². The minimum absolute atomic E-state index is 0.0542. The molecule has 2 aromatic carbocycles. The fourth-order valence-electron chi connectivity index (χ4n) is 4.33. The van der Waals surface area contributed by atoms with Crippen LogP contribution in [0, 0.1) is 11.8 Å². The lowest BCUT2D eigenvalue weighted by atomic mass is 9.95. The summed E-state index contributed by atoms with van der Waals surface area (Å²) < 4.78 is 6.05. The summed E-state index contributed by atoms with van der Waals surface area (Å²) in [6.07, 6.45) is 12.5. The Kier molecular flexibility index (Phi) is 7.50. The number of hydrogen-bond acceptors (Lipinski definition) is 3. The van der Waals surface area contributed by atoms with E-state index < -0.39 is 0 Å². The van der Waals surface area contributed by atoms with Gasteiger partial charge in [0.2, 0.25) is 0 Å². The maximum absolute atomic E-state index is 9.55. The largest absolute Gasteiger partial charge is 0.513 e. The SMILES string of the molecule is C=C(O)CC(C#CC)c1ccc(OCc2ccc3c(c2)CN(CC2=CC=CCC=C2)C3)cc1. The number of hydrogen-bond donors (Lipinski definition) is 1. The van der Waals surface area contributed by atoms with Crippen molar-refractivity contribution >= 4 is 0 Å². The van der Waals surface area contributed by atoms with Crippen LogP contribution >= 0.6 is 0 Å². The van der Waals surface area contributed by atoms with Crippen LogP contribution in [0.5, 0.6) is 5.75 Å². The van der Waals surface area contributed by atoms with Crippen molar-refractivity contribution in [3.8, 4) is 17.6 Å². The summed E-state index contributed by atoms with van der Waals surface area (Å²) in [4.78, 5) is 2.49. The molecule has 1 atom stereocenters. The minimum atomic E-state index is -0.0542. The number of aliphatic hydroxyl groups excluding tert-OH is 1. The van der Waals surface area contributed by atoms with Crippen molar-refractivity contribution in [2.24, 2.45) is 0 Å². The first-order valence-corrected chi connectivity index (χ1v) is 11.5. The molecule has 3 heteroatoms. The van der Waals surface area contributed by atoms with E-state index in [0.717, 1.165) is 37.4 Å². The van der Waals surface area contributed by atoms with E-state index in [1.165, 1.54) is 22.3 Å².